The lowest BCUT2D eigenvalue weighted by Gasteiger charge is -2.33. The molecule has 41 heavy (non-hydrogen) atoms. The lowest BCUT2D eigenvalue weighted by Crippen LogP contribution is -2.43. The first-order valence-electron chi connectivity index (χ1n) is 13.4. The number of carboxylic acids is 1. The van der Waals surface area contributed by atoms with Crippen LogP contribution in [0.15, 0.2) is 60.7 Å². The number of aromatic carboxylic acids is 1. The molecule has 214 valence electrons. The van der Waals surface area contributed by atoms with Crippen LogP contribution < -0.4 is 9.62 Å². The lowest BCUT2D eigenvalue weighted by atomic mass is 9.94. The topological polar surface area (TPSA) is 150 Å². The summed E-state index contributed by atoms with van der Waals surface area (Å²) in [6.07, 6.45) is 1.01. The summed E-state index contributed by atoms with van der Waals surface area (Å²) in [5.74, 6) is -2.20. The highest BCUT2D eigenvalue weighted by atomic mass is 32.2. The molecule has 11 heteroatoms. The summed E-state index contributed by atoms with van der Waals surface area (Å²) in [5, 5.41) is 20.0. The molecule has 4 rings (SSSR count). The molecule has 2 heterocycles. The van der Waals surface area contributed by atoms with Gasteiger partial charge >= 0.3 is 5.97 Å². The van der Waals surface area contributed by atoms with E-state index in [1.807, 2.05) is 35.2 Å². The molecule has 1 saturated heterocycles. The van der Waals surface area contributed by atoms with Crippen molar-refractivity contribution >= 4 is 27.7 Å². The van der Waals surface area contributed by atoms with Gasteiger partial charge in [0.25, 0.3) is 0 Å². The number of aromatic nitrogens is 1. The summed E-state index contributed by atoms with van der Waals surface area (Å²) >= 11 is 0. The number of sulfonamides is 1. The van der Waals surface area contributed by atoms with E-state index in [9.17, 15) is 28.4 Å². The highest BCUT2D eigenvalue weighted by Crippen LogP contribution is 2.31. The van der Waals surface area contributed by atoms with Crippen LogP contribution in [0.1, 0.15) is 58.1 Å². The normalized spacial score (nSPS) is 13.9. The molecule has 2 aromatic carbocycles. The maximum absolute atomic E-state index is 12.8. The molecular weight excluding hydrogens is 544 g/mol. The second kappa shape index (κ2) is 13.4. The van der Waals surface area contributed by atoms with Gasteiger partial charge < -0.3 is 14.7 Å². The first-order chi connectivity index (χ1) is 19.7. The number of rotatable bonds is 11. The van der Waals surface area contributed by atoms with Gasteiger partial charge in [-0.2, -0.15) is 5.26 Å². The predicted octanol–water partition coefficient (Wildman–Crippen LogP) is 3.79. The summed E-state index contributed by atoms with van der Waals surface area (Å²) in [6, 6.07) is 20.2. The van der Waals surface area contributed by atoms with E-state index in [-0.39, 0.29) is 35.8 Å². The number of pyridine rings is 1. The van der Waals surface area contributed by atoms with Gasteiger partial charge in [0.05, 0.1) is 35.8 Å². The van der Waals surface area contributed by atoms with Crippen LogP contribution in [0.3, 0.4) is 0 Å². The van der Waals surface area contributed by atoms with Crippen molar-refractivity contribution in [2.24, 2.45) is 5.92 Å². The minimum absolute atomic E-state index is 0.0289. The molecule has 1 aliphatic heterocycles. The molecule has 10 nitrogen and oxygen atoms in total. The van der Waals surface area contributed by atoms with Gasteiger partial charge in [0.15, 0.2) is 0 Å². The summed E-state index contributed by atoms with van der Waals surface area (Å²) < 4.78 is 33.1. The highest BCUT2D eigenvalue weighted by Gasteiger charge is 2.31. The zero-order chi connectivity index (χ0) is 29.4. The van der Waals surface area contributed by atoms with Crippen LogP contribution in [-0.4, -0.2) is 43.5 Å². The molecule has 3 aromatic rings. The lowest BCUT2D eigenvalue weighted by molar-refractivity contribution is -0.123. The zero-order valence-corrected chi connectivity index (χ0v) is 23.6. The van der Waals surface area contributed by atoms with E-state index < -0.39 is 27.8 Å². The van der Waals surface area contributed by atoms with Gasteiger partial charge in [0.1, 0.15) is 11.9 Å². The van der Waals surface area contributed by atoms with E-state index in [1.165, 1.54) is 0 Å². The van der Waals surface area contributed by atoms with Gasteiger partial charge in [-0.25, -0.2) is 18.2 Å². The number of nitrogens with one attached hydrogen (secondary N) is 1. The maximum atomic E-state index is 12.8. The summed E-state index contributed by atoms with van der Waals surface area (Å²) in [4.78, 5) is 31.5. The molecule has 2 N–H and O–H groups in total. The van der Waals surface area contributed by atoms with Crippen LogP contribution in [0.2, 0.25) is 0 Å². The number of amides is 1. The maximum Gasteiger partial charge on any atom is 0.337 e. The van der Waals surface area contributed by atoms with Crippen LogP contribution in [-0.2, 0) is 44.9 Å². The molecule has 0 spiro atoms. The Bertz CT molecular complexity index is 1530. The molecule has 1 aromatic heterocycles. The number of hydrogen-bond donors (Lipinski definition) is 2. The summed E-state index contributed by atoms with van der Waals surface area (Å²) in [5.41, 5.74) is 2.28. The standard InChI is InChI=1S/C30H32N4O6S/c1-2-24-25(17-31)28(32-26(27(24)30(36)37)19-40-18-21-9-5-3-6-10-21)34-15-13-23(14-16-34)29(35)33-41(38,39)20-22-11-7-4-8-12-22/h3-12,23H,2,13-16,18-20H2,1H3,(H,33,35)(H,36,37). The Morgan fingerprint density at radius 2 is 1.66 bits per heavy atom. The van der Waals surface area contributed by atoms with Gasteiger partial charge in [-0.05, 0) is 36.0 Å². The largest absolute Gasteiger partial charge is 0.478 e. The van der Waals surface area contributed by atoms with Crippen molar-refractivity contribution in [3.8, 4) is 6.07 Å². The number of carbonyl (C=O) groups is 2. The fourth-order valence-corrected chi connectivity index (χ4v) is 6.17. The number of nitrogens with zero attached hydrogens (tertiary/aromatic N) is 3. The minimum Gasteiger partial charge on any atom is -0.478 e. The molecule has 1 fully saturated rings. The zero-order valence-electron chi connectivity index (χ0n) is 22.7. The van der Waals surface area contributed by atoms with Crippen molar-refractivity contribution in [1.82, 2.24) is 9.71 Å². The fraction of sp³-hybridized carbons (Fsp3) is 0.333. The number of hydrogen-bond acceptors (Lipinski definition) is 8. The molecule has 1 amide bonds. The van der Waals surface area contributed by atoms with E-state index >= 15 is 0 Å². The minimum atomic E-state index is -3.85. The van der Waals surface area contributed by atoms with Crippen molar-refractivity contribution in [1.29, 1.82) is 5.26 Å². The number of nitriles is 1. The van der Waals surface area contributed by atoms with Crippen molar-refractivity contribution in [3.63, 3.8) is 0 Å². The van der Waals surface area contributed by atoms with E-state index in [2.05, 4.69) is 15.8 Å². The Morgan fingerprint density at radius 1 is 1.05 bits per heavy atom. The average Bonchev–Trinajstić information content (AvgIpc) is 2.96. The first kappa shape index (κ1) is 29.7. The van der Waals surface area contributed by atoms with Crippen molar-refractivity contribution in [2.75, 3.05) is 18.0 Å². The number of carbonyl (C=O) groups excluding carboxylic acids is 1. The Labute approximate surface area is 239 Å². The quantitative estimate of drug-likeness (QED) is 0.347. The smallest absolute Gasteiger partial charge is 0.337 e. The van der Waals surface area contributed by atoms with E-state index in [0.29, 0.717) is 49.3 Å². The fourth-order valence-electron chi connectivity index (χ4n) is 4.99. The van der Waals surface area contributed by atoms with Crippen LogP contribution in [0.4, 0.5) is 5.82 Å². The number of anilines is 1. The Morgan fingerprint density at radius 3 is 2.22 bits per heavy atom. The predicted molar refractivity (Wildman–Crippen MR) is 152 cm³/mol. The third-order valence-electron chi connectivity index (χ3n) is 7.01. The first-order valence-corrected chi connectivity index (χ1v) is 15.0. The molecular formula is C30H32N4O6S. The third kappa shape index (κ3) is 7.48. The average molecular weight is 577 g/mol. The number of ether oxygens (including phenoxy) is 1. The molecule has 0 saturated carbocycles. The molecule has 1 aliphatic rings. The Hall–Kier alpha value is -4.27. The van der Waals surface area contributed by atoms with Crippen LogP contribution in [0, 0.1) is 17.2 Å². The molecule has 0 unspecified atom stereocenters. The van der Waals surface area contributed by atoms with Crippen molar-refractivity contribution < 1.29 is 27.9 Å². The number of carboxylic acid groups (broad SMARTS) is 1. The molecule has 0 radical (unpaired) electrons. The second-order valence-electron chi connectivity index (χ2n) is 9.83. The van der Waals surface area contributed by atoms with Crippen molar-refractivity contribution in [2.45, 2.75) is 45.2 Å². The number of piperidine rings is 1. The van der Waals surface area contributed by atoms with Crippen LogP contribution in [0.5, 0.6) is 0 Å². The Balaban J connectivity index is 1.49. The third-order valence-corrected chi connectivity index (χ3v) is 8.23. The molecule has 0 aliphatic carbocycles. The van der Waals surface area contributed by atoms with Gasteiger partial charge in [-0.15, -0.1) is 0 Å². The summed E-state index contributed by atoms with van der Waals surface area (Å²) in [7, 11) is -3.85. The summed E-state index contributed by atoms with van der Waals surface area (Å²) in [6.45, 7) is 2.69. The number of benzene rings is 2. The van der Waals surface area contributed by atoms with E-state index in [1.54, 1.807) is 37.3 Å². The second-order valence-corrected chi connectivity index (χ2v) is 11.6. The molecule has 0 bridgehead atoms. The molecule has 0 atom stereocenters. The monoisotopic (exact) mass is 576 g/mol. The van der Waals surface area contributed by atoms with Crippen LogP contribution in [0.25, 0.3) is 0 Å². The van der Waals surface area contributed by atoms with Gasteiger partial charge in [0.2, 0.25) is 15.9 Å². The van der Waals surface area contributed by atoms with Gasteiger partial charge in [0, 0.05) is 19.0 Å². The van der Waals surface area contributed by atoms with Crippen LogP contribution >= 0.6 is 0 Å². The van der Waals surface area contributed by atoms with Gasteiger partial charge in [-0.3, -0.25) is 9.52 Å². The Kier molecular flexibility index (Phi) is 9.70. The highest BCUT2D eigenvalue weighted by molar-refractivity contribution is 7.89. The van der Waals surface area contributed by atoms with Crippen molar-refractivity contribution in [3.05, 3.63) is 94.2 Å². The van der Waals surface area contributed by atoms with E-state index in [4.69, 9.17) is 4.74 Å². The van der Waals surface area contributed by atoms with Gasteiger partial charge in [-0.1, -0.05) is 67.6 Å². The van der Waals surface area contributed by atoms with E-state index in [0.717, 1.165) is 5.56 Å². The SMILES string of the molecule is CCc1c(C#N)c(N2CCC(C(=O)NS(=O)(=O)Cc3ccccc3)CC2)nc(COCc2ccccc2)c1C(=O)O.